The van der Waals surface area contributed by atoms with Crippen molar-refractivity contribution in [2.75, 3.05) is 0 Å². The van der Waals surface area contributed by atoms with E-state index in [1.54, 1.807) is 0 Å². The second-order valence-electron chi connectivity index (χ2n) is 6.27. The van der Waals surface area contributed by atoms with E-state index in [9.17, 15) is 0 Å². The molecule has 0 heterocycles. The summed E-state index contributed by atoms with van der Waals surface area (Å²) in [7, 11) is 0. The lowest BCUT2D eigenvalue weighted by Gasteiger charge is -2.11. The highest BCUT2D eigenvalue weighted by Crippen LogP contribution is 2.15. The second kappa shape index (κ2) is 14.4. The third-order valence-corrected chi connectivity index (χ3v) is 4.06. The Hall–Kier alpha value is -0.590. The third kappa shape index (κ3) is 15.6. The number of unbranched alkanes of at least 4 members (excludes halogenated alkanes) is 13. The molecule has 3 heteroatoms. The number of nitriles is 1. The summed E-state index contributed by atoms with van der Waals surface area (Å²) in [6, 6.07) is 1.50. The third-order valence-electron chi connectivity index (χ3n) is 4.06. The van der Waals surface area contributed by atoms with Gasteiger partial charge in [-0.1, -0.05) is 90.4 Å². The molecule has 0 fully saturated rings. The van der Waals surface area contributed by atoms with Crippen LogP contribution in [0.3, 0.4) is 0 Å². The van der Waals surface area contributed by atoms with E-state index in [2.05, 4.69) is 6.92 Å². The number of aliphatic hydroxyl groups is 2. The molecule has 0 radical (unpaired) electrons. The predicted molar refractivity (Wildman–Crippen MR) is 87.7 cm³/mol. The van der Waals surface area contributed by atoms with Crippen molar-refractivity contribution in [3.63, 3.8) is 0 Å². The lowest BCUT2D eigenvalue weighted by Crippen LogP contribution is -2.24. The molecular formula is C18H35NO2. The van der Waals surface area contributed by atoms with Gasteiger partial charge in [0.15, 0.2) is 0 Å². The molecule has 0 aromatic heterocycles. The van der Waals surface area contributed by atoms with Crippen LogP contribution in [0, 0.1) is 11.3 Å². The topological polar surface area (TPSA) is 64.2 Å². The summed E-state index contributed by atoms with van der Waals surface area (Å²) in [5.41, 5.74) is 0. The van der Waals surface area contributed by atoms with Gasteiger partial charge in [-0.3, -0.25) is 0 Å². The van der Waals surface area contributed by atoms with Crippen LogP contribution in [0.15, 0.2) is 0 Å². The van der Waals surface area contributed by atoms with Crippen LogP contribution >= 0.6 is 0 Å². The fourth-order valence-electron chi connectivity index (χ4n) is 2.62. The molecule has 0 saturated heterocycles. The van der Waals surface area contributed by atoms with Crippen molar-refractivity contribution in [1.29, 1.82) is 5.26 Å². The molecule has 0 spiro atoms. The minimum atomic E-state index is -2.11. The van der Waals surface area contributed by atoms with Crippen molar-refractivity contribution in [3.05, 3.63) is 0 Å². The van der Waals surface area contributed by atoms with Crippen LogP contribution in [-0.2, 0) is 0 Å². The molecule has 0 saturated carbocycles. The average molecular weight is 297 g/mol. The van der Waals surface area contributed by atoms with E-state index in [0.717, 1.165) is 19.3 Å². The molecule has 0 aliphatic carbocycles. The summed E-state index contributed by atoms with van der Waals surface area (Å²) in [6.07, 6.45) is 17.9. The Kier molecular flexibility index (Phi) is 13.9. The van der Waals surface area contributed by atoms with E-state index < -0.39 is 5.79 Å². The van der Waals surface area contributed by atoms with Crippen molar-refractivity contribution in [2.45, 2.75) is 109 Å². The molecule has 0 aromatic carbocycles. The van der Waals surface area contributed by atoms with Crippen LogP contribution in [0.5, 0.6) is 0 Å². The van der Waals surface area contributed by atoms with Gasteiger partial charge in [0.1, 0.15) is 6.07 Å². The fraction of sp³-hybridized carbons (Fsp3) is 0.944. The summed E-state index contributed by atoms with van der Waals surface area (Å²) < 4.78 is 0. The highest BCUT2D eigenvalue weighted by atomic mass is 16.5. The average Bonchev–Trinajstić information content (AvgIpc) is 2.47. The Balaban J connectivity index is 3.08. The Morgan fingerprint density at radius 3 is 1.33 bits per heavy atom. The quantitative estimate of drug-likeness (QED) is 0.252. The Morgan fingerprint density at radius 2 is 1.00 bits per heavy atom. The van der Waals surface area contributed by atoms with E-state index in [1.807, 2.05) is 0 Å². The van der Waals surface area contributed by atoms with Gasteiger partial charge in [-0.25, -0.2) is 0 Å². The summed E-state index contributed by atoms with van der Waals surface area (Å²) in [4.78, 5) is 0. The predicted octanol–water partition coefficient (Wildman–Crippen LogP) is 5.06. The number of hydrogen-bond donors (Lipinski definition) is 2. The molecule has 0 aromatic rings. The number of nitrogens with zero attached hydrogens (tertiary/aromatic N) is 1. The van der Waals surface area contributed by atoms with Gasteiger partial charge in [0.05, 0.1) is 0 Å². The van der Waals surface area contributed by atoms with Gasteiger partial charge in [-0.05, 0) is 6.42 Å². The lowest BCUT2D eigenvalue weighted by molar-refractivity contribution is -0.116. The number of rotatable bonds is 15. The monoisotopic (exact) mass is 297 g/mol. The van der Waals surface area contributed by atoms with Gasteiger partial charge >= 0.3 is 0 Å². The first-order valence-electron chi connectivity index (χ1n) is 8.98. The molecule has 0 rings (SSSR count). The van der Waals surface area contributed by atoms with Gasteiger partial charge in [-0.15, -0.1) is 0 Å². The van der Waals surface area contributed by atoms with Gasteiger partial charge in [0, 0.05) is 6.42 Å². The molecule has 0 aliphatic heterocycles. The van der Waals surface area contributed by atoms with Crippen molar-refractivity contribution in [3.8, 4) is 6.07 Å². The maximum Gasteiger partial charge on any atom is 0.254 e. The molecule has 0 bridgehead atoms. The van der Waals surface area contributed by atoms with Crippen LogP contribution in [0.25, 0.3) is 0 Å². The van der Waals surface area contributed by atoms with Crippen molar-refractivity contribution < 1.29 is 10.2 Å². The van der Waals surface area contributed by atoms with Gasteiger partial charge in [0.25, 0.3) is 5.79 Å². The Morgan fingerprint density at radius 1 is 0.667 bits per heavy atom. The largest absolute Gasteiger partial charge is 0.354 e. The molecule has 0 aliphatic rings. The molecule has 0 amide bonds. The Labute approximate surface area is 131 Å². The van der Waals surface area contributed by atoms with E-state index in [4.69, 9.17) is 15.5 Å². The van der Waals surface area contributed by atoms with Gasteiger partial charge < -0.3 is 10.2 Å². The summed E-state index contributed by atoms with van der Waals surface area (Å²) in [5, 5.41) is 26.7. The highest BCUT2D eigenvalue weighted by molar-refractivity contribution is 4.89. The van der Waals surface area contributed by atoms with Crippen molar-refractivity contribution in [1.82, 2.24) is 0 Å². The normalized spacial score (nSPS) is 11.5. The minimum Gasteiger partial charge on any atom is -0.354 e. The molecule has 124 valence electrons. The second-order valence-corrected chi connectivity index (χ2v) is 6.27. The van der Waals surface area contributed by atoms with Crippen LogP contribution in [-0.4, -0.2) is 16.0 Å². The zero-order chi connectivity index (χ0) is 15.8. The summed E-state index contributed by atoms with van der Waals surface area (Å²) in [6.45, 7) is 2.26. The van der Waals surface area contributed by atoms with Crippen LogP contribution in [0.2, 0.25) is 0 Å². The molecular weight excluding hydrogens is 262 g/mol. The first-order valence-corrected chi connectivity index (χ1v) is 8.98. The summed E-state index contributed by atoms with van der Waals surface area (Å²) >= 11 is 0. The summed E-state index contributed by atoms with van der Waals surface area (Å²) in [5.74, 6) is -2.11. The Bertz CT molecular complexity index is 258. The minimum absolute atomic E-state index is 0.168. The van der Waals surface area contributed by atoms with E-state index in [-0.39, 0.29) is 6.42 Å². The maximum atomic E-state index is 9.11. The number of hydrogen-bond acceptors (Lipinski definition) is 3. The van der Waals surface area contributed by atoms with Crippen LogP contribution in [0.1, 0.15) is 103 Å². The van der Waals surface area contributed by atoms with Crippen LogP contribution in [0.4, 0.5) is 0 Å². The standard InChI is InChI=1S/C18H35NO2/c1-2-3-4-5-6-7-8-9-10-11-12-13-14-15-16-18(20,21)17-19/h20-21H,2-16H2,1H3. The lowest BCUT2D eigenvalue weighted by atomic mass is 10.0. The zero-order valence-corrected chi connectivity index (χ0v) is 13.9. The van der Waals surface area contributed by atoms with Crippen molar-refractivity contribution in [2.24, 2.45) is 0 Å². The molecule has 21 heavy (non-hydrogen) atoms. The van der Waals surface area contributed by atoms with Crippen molar-refractivity contribution >= 4 is 0 Å². The maximum absolute atomic E-state index is 9.11. The molecule has 3 nitrogen and oxygen atoms in total. The van der Waals surface area contributed by atoms with Crippen LogP contribution < -0.4 is 0 Å². The molecule has 2 N–H and O–H groups in total. The van der Waals surface area contributed by atoms with Gasteiger partial charge in [-0.2, -0.15) is 5.26 Å². The van der Waals surface area contributed by atoms with E-state index >= 15 is 0 Å². The highest BCUT2D eigenvalue weighted by Gasteiger charge is 2.20. The first kappa shape index (κ1) is 20.4. The molecule has 0 atom stereocenters. The fourth-order valence-corrected chi connectivity index (χ4v) is 2.62. The van der Waals surface area contributed by atoms with E-state index in [0.29, 0.717) is 0 Å². The smallest absolute Gasteiger partial charge is 0.254 e. The van der Waals surface area contributed by atoms with E-state index in [1.165, 1.54) is 76.7 Å². The zero-order valence-electron chi connectivity index (χ0n) is 13.9. The molecule has 0 unspecified atom stereocenters. The first-order chi connectivity index (χ1) is 10.1. The SMILES string of the molecule is CCCCCCCCCCCCCCCCC(O)(O)C#N. The van der Waals surface area contributed by atoms with Gasteiger partial charge in [0.2, 0.25) is 0 Å².